The van der Waals surface area contributed by atoms with E-state index in [-0.39, 0.29) is 0 Å². The zero-order chi connectivity index (χ0) is 10.2. The van der Waals surface area contributed by atoms with Gasteiger partial charge < -0.3 is 9.47 Å². The van der Waals surface area contributed by atoms with Crippen LogP contribution in [0.15, 0.2) is 0 Å². The predicted octanol–water partition coefficient (Wildman–Crippen LogP) is 2.87. The van der Waals surface area contributed by atoms with Crippen molar-refractivity contribution in [2.75, 3.05) is 26.4 Å². The molecular weight excluding hydrogens is 176 g/mol. The molecule has 0 N–H and O–H groups in total. The van der Waals surface area contributed by atoms with Gasteiger partial charge in [0.05, 0.1) is 0 Å². The Morgan fingerprint density at radius 3 is 1.43 bits per heavy atom. The molecule has 0 aromatic rings. The zero-order valence-electron chi connectivity index (χ0n) is 9.63. The van der Waals surface area contributed by atoms with Crippen LogP contribution in [0.4, 0.5) is 0 Å². The summed E-state index contributed by atoms with van der Waals surface area (Å²) in [6.45, 7) is 7.80. The molecule has 0 bridgehead atoms. The molecule has 2 heteroatoms. The van der Waals surface area contributed by atoms with E-state index in [1.54, 1.807) is 0 Å². The minimum atomic E-state index is 0.813. The monoisotopic (exact) mass is 200 g/mol. The van der Waals surface area contributed by atoms with E-state index in [1.165, 1.54) is 25.7 Å². The van der Waals surface area contributed by atoms with Gasteiger partial charge in [-0.3, -0.25) is 0 Å². The van der Waals surface area contributed by atoms with Crippen LogP contribution in [0.3, 0.4) is 0 Å². The van der Waals surface area contributed by atoms with Gasteiger partial charge in [0, 0.05) is 26.4 Å². The second-order valence-electron chi connectivity index (χ2n) is 4.21. The minimum absolute atomic E-state index is 0.813. The maximum atomic E-state index is 5.46. The predicted molar refractivity (Wildman–Crippen MR) is 58.4 cm³/mol. The highest BCUT2D eigenvalue weighted by atomic mass is 16.5. The highest BCUT2D eigenvalue weighted by Crippen LogP contribution is 2.28. The van der Waals surface area contributed by atoms with Crippen molar-refractivity contribution in [2.45, 2.75) is 39.5 Å². The molecule has 0 unspecified atom stereocenters. The number of rotatable bonds is 6. The van der Waals surface area contributed by atoms with Crippen LogP contribution in [0, 0.1) is 11.8 Å². The molecule has 0 aromatic heterocycles. The first-order valence-corrected chi connectivity index (χ1v) is 6.02. The first-order valence-electron chi connectivity index (χ1n) is 6.02. The maximum Gasteiger partial charge on any atom is 0.0494 e. The van der Waals surface area contributed by atoms with E-state index in [9.17, 15) is 0 Å². The van der Waals surface area contributed by atoms with Gasteiger partial charge in [-0.2, -0.15) is 0 Å². The van der Waals surface area contributed by atoms with Crippen LogP contribution < -0.4 is 0 Å². The summed E-state index contributed by atoms with van der Waals surface area (Å²) < 4.78 is 10.9. The smallest absolute Gasteiger partial charge is 0.0494 e. The lowest BCUT2D eigenvalue weighted by atomic mass is 9.83. The molecule has 0 atom stereocenters. The van der Waals surface area contributed by atoms with Crippen LogP contribution in [0.2, 0.25) is 0 Å². The van der Waals surface area contributed by atoms with Crippen LogP contribution in [0.25, 0.3) is 0 Å². The highest BCUT2D eigenvalue weighted by Gasteiger charge is 2.20. The lowest BCUT2D eigenvalue weighted by molar-refractivity contribution is 0.0573. The summed E-state index contributed by atoms with van der Waals surface area (Å²) in [5, 5.41) is 0. The molecule has 0 saturated heterocycles. The van der Waals surface area contributed by atoms with Gasteiger partial charge in [0.25, 0.3) is 0 Å². The average Bonchev–Trinajstić information content (AvgIpc) is 2.25. The van der Waals surface area contributed by atoms with E-state index in [4.69, 9.17) is 9.47 Å². The third-order valence-corrected chi connectivity index (χ3v) is 3.08. The lowest BCUT2D eigenvalue weighted by Gasteiger charge is -2.27. The molecule has 0 spiro atoms. The first-order chi connectivity index (χ1) is 6.86. The fraction of sp³-hybridized carbons (Fsp3) is 1.00. The molecular formula is C12H24O2. The minimum Gasteiger partial charge on any atom is -0.381 e. The summed E-state index contributed by atoms with van der Waals surface area (Å²) in [4.78, 5) is 0. The Hall–Kier alpha value is -0.0800. The van der Waals surface area contributed by atoms with Crippen LogP contribution in [-0.2, 0) is 9.47 Å². The fourth-order valence-corrected chi connectivity index (χ4v) is 2.13. The van der Waals surface area contributed by atoms with E-state index in [2.05, 4.69) is 13.8 Å². The number of hydrogen-bond acceptors (Lipinski definition) is 2. The average molecular weight is 200 g/mol. The van der Waals surface area contributed by atoms with Crippen molar-refractivity contribution < 1.29 is 9.47 Å². The van der Waals surface area contributed by atoms with Gasteiger partial charge in [-0.25, -0.2) is 0 Å². The van der Waals surface area contributed by atoms with Gasteiger partial charge in [0.15, 0.2) is 0 Å². The molecule has 14 heavy (non-hydrogen) atoms. The van der Waals surface area contributed by atoms with Crippen molar-refractivity contribution >= 4 is 0 Å². The van der Waals surface area contributed by atoms with Gasteiger partial charge >= 0.3 is 0 Å². The number of ether oxygens (including phenoxy) is 2. The summed E-state index contributed by atoms with van der Waals surface area (Å²) >= 11 is 0. The summed E-state index contributed by atoms with van der Waals surface area (Å²) in [7, 11) is 0. The Morgan fingerprint density at radius 1 is 0.786 bits per heavy atom. The van der Waals surface area contributed by atoms with Crippen LogP contribution in [0.5, 0.6) is 0 Å². The van der Waals surface area contributed by atoms with Crippen molar-refractivity contribution in [3.8, 4) is 0 Å². The van der Waals surface area contributed by atoms with Gasteiger partial charge in [0.2, 0.25) is 0 Å². The molecule has 0 amide bonds. The Labute approximate surface area is 88.0 Å². The molecule has 1 saturated carbocycles. The van der Waals surface area contributed by atoms with E-state index < -0.39 is 0 Å². The maximum absolute atomic E-state index is 5.46. The third-order valence-electron chi connectivity index (χ3n) is 3.08. The molecule has 1 aliphatic carbocycles. The van der Waals surface area contributed by atoms with Gasteiger partial charge in [-0.1, -0.05) is 0 Å². The van der Waals surface area contributed by atoms with E-state index in [0.29, 0.717) is 0 Å². The van der Waals surface area contributed by atoms with Crippen LogP contribution in [0.1, 0.15) is 39.5 Å². The van der Waals surface area contributed by atoms with E-state index in [0.717, 1.165) is 38.3 Å². The van der Waals surface area contributed by atoms with Crippen LogP contribution in [-0.4, -0.2) is 26.4 Å². The molecule has 1 aliphatic rings. The second kappa shape index (κ2) is 7.24. The zero-order valence-corrected chi connectivity index (χ0v) is 9.63. The van der Waals surface area contributed by atoms with Crippen LogP contribution >= 0.6 is 0 Å². The molecule has 0 heterocycles. The van der Waals surface area contributed by atoms with Crippen molar-refractivity contribution in [3.63, 3.8) is 0 Å². The van der Waals surface area contributed by atoms with E-state index >= 15 is 0 Å². The summed E-state index contributed by atoms with van der Waals surface area (Å²) in [6.07, 6.45) is 5.32. The molecule has 1 fully saturated rings. The molecule has 2 nitrogen and oxygen atoms in total. The lowest BCUT2D eigenvalue weighted by Crippen LogP contribution is -2.21. The Balaban J connectivity index is 2.05. The van der Waals surface area contributed by atoms with Crippen molar-refractivity contribution in [3.05, 3.63) is 0 Å². The molecule has 0 radical (unpaired) electrons. The Kier molecular flexibility index (Phi) is 6.20. The van der Waals surface area contributed by atoms with Crippen molar-refractivity contribution in [1.82, 2.24) is 0 Å². The SMILES string of the molecule is CCOC[C@H]1CC[C@H](COCC)CC1. The Bertz CT molecular complexity index is 112. The third kappa shape index (κ3) is 4.43. The van der Waals surface area contributed by atoms with E-state index in [1.807, 2.05) is 0 Å². The quantitative estimate of drug-likeness (QED) is 0.656. The number of hydrogen-bond donors (Lipinski definition) is 0. The van der Waals surface area contributed by atoms with Crippen molar-refractivity contribution in [1.29, 1.82) is 0 Å². The molecule has 0 aromatic carbocycles. The Morgan fingerprint density at radius 2 is 1.14 bits per heavy atom. The van der Waals surface area contributed by atoms with Gasteiger partial charge in [-0.05, 0) is 51.4 Å². The molecule has 84 valence electrons. The molecule has 0 aliphatic heterocycles. The second-order valence-corrected chi connectivity index (χ2v) is 4.21. The fourth-order valence-electron chi connectivity index (χ4n) is 2.13. The van der Waals surface area contributed by atoms with Gasteiger partial charge in [0.1, 0.15) is 0 Å². The summed E-state index contributed by atoms with van der Waals surface area (Å²) in [6, 6.07) is 0. The summed E-state index contributed by atoms with van der Waals surface area (Å²) in [5.41, 5.74) is 0. The van der Waals surface area contributed by atoms with Crippen molar-refractivity contribution in [2.24, 2.45) is 11.8 Å². The highest BCUT2D eigenvalue weighted by molar-refractivity contribution is 4.72. The first kappa shape index (κ1) is 12.0. The normalized spacial score (nSPS) is 27.9. The molecule has 1 rings (SSSR count). The summed E-state index contributed by atoms with van der Waals surface area (Å²) in [5.74, 6) is 1.63. The van der Waals surface area contributed by atoms with Gasteiger partial charge in [-0.15, -0.1) is 0 Å². The topological polar surface area (TPSA) is 18.5 Å². The largest absolute Gasteiger partial charge is 0.381 e. The standard InChI is InChI=1S/C12H24O2/c1-3-13-9-11-5-7-12(8-6-11)10-14-4-2/h11-12H,3-10H2,1-2H3/t11-,12-.